The van der Waals surface area contributed by atoms with Crippen LogP contribution in [0.3, 0.4) is 0 Å². The summed E-state index contributed by atoms with van der Waals surface area (Å²) in [5, 5.41) is 4.28. The minimum Gasteiger partial charge on any atom is -0.392 e. The number of benzene rings is 1. The van der Waals surface area contributed by atoms with Gasteiger partial charge in [0.1, 0.15) is 0 Å². The van der Waals surface area contributed by atoms with Crippen LogP contribution >= 0.6 is 12.2 Å². The summed E-state index contributed by atoms with van der Waals surface area (Å²) in [5.41, 5.74) is 4.34. The number of anilines is 1. The molecular formula is C11H10F3N3O2S. The van der Waals surface area contributed by atoms with E-state index in [2.05, 4.69) is 22.9 Å². The van der Waals surface area contributed by atoms with E-state index in [4.69, 9.17) is 5.73 Å². The Labute approximate surface area is 117 Å². The highest BCUT2D eigenvalue weighted by Gasteiger charge is 2.30. The van der Waals surface area contributed by atoms with Crippen molar-refractivity contribution in [3.8, 4) is 0 Å². The fourth-order valence-electron chi connectivity index (χ4n) is 1.18. The molecule has 0 saturated carbocycles. The highest BCUT2D eigenvalue weighted by molar-refractivity contribution is 7.80. The molecule has 1 aromatic carbocycles. The standard InChI is InChI=1S/C11H10F3N3O2S/c12-11(13,14)6-1-3-7(4-2-6)17-10(19)9(18)16-5-8(15)20/h1-4H,5H2,(H2,15,20)(H,16,18)(H,17,19). The molecule has 0 unspecified atom stereocenters. The van der Waals surface area contributed by atoms with Crippen molar-refractivity contribution in [2.24, 2.45) is 5.73 Å². The smallest absolute Gasteiger partial charge is 0.392 e. The monoisotopic (exact) mass is 305 g/mol. The first kappa shape index (κ1) is 15.9. The molecule has 0 saturated heterocycles. The lowest BCUT2D eigenvalue weighted by molar-refractivity contribution is -0.137. The second-order valence-electron chi connectivity index (χ2n) is 3.68. The second kappa shape index (κ2) is 6.33. The average molecular weight is 305 g/mol. The molecule has 1 aromatic rings. The van der Waals surface area contributed by atoms with Crippen molar-refractivity contribution >= 4 is 34.7 Å². The third-order valence-corrected chi connectivity index (χ3v) is 2.24. The van der Waals surface area contributed by atoms with Gasteiger partial charge in [-0.15, -0.1) is 0 Å². The predicted molar refractivity (Wildman–Crippen MR) is 69.9 cm³/mol. The molecule has 0 fully saturated rings. The van der Waals surface area contributed by atoms with Gasteiger partial charge >= 0.3 is 18.0 Å². The molecule has 1 rings (SSSR count). The molecule has 20 heavy (non-hydrogen) atoms. The molecule has 2 amide bonds. The van der Waals surface area contributed by atoms with E-state index in [-0.39, 0.29) is 17.2 Å². The Morgan fingerprint density at radius 3 is 2.15 bits per heavy atom. The molecule has 0 aliphatic carbocycles. The summed E-state index contributed by atoms with van der Waals surface area (Å²) in [6.07, 6.45) is -4.46. The number of alkyl halides is 3. The van der Waals surface area contributed by atoms with Crippen molar-refractivity contribution < 1.29 is 22.8 Å². The molecule has 5 nitrogen and oxygen atoms in total. The number of halogens is 3. The highest BCUT2D eigenvalue weighted by Crippen LogP contribution is 2.29. The van der Waals surface area contributed by atoms with Gasteiger partial charge in [0.05, 0.1) is 17.1 Å². The highest BCUT2D eigenvalue weighted by atomic mass is 32.1. The van der Waals surface area contributed by atoms with Crippen LogP contribution in [0.5, 0.6) is 0 Å². The van der Waals surface area contributed by atoms with Crippen molar-refractivity contribution in [1.82, 2.24) is 5.32 Å². The van der Waals surface area contributed by atoms with E-state index in [0.717, 1.165) is 24.3 Å². The van der Waals surface area contributed by atoms with Gasteiger partial charge in [-0.1, -0.05) is 12.2 Å². The Bertz CT molecular complexity index is 529. The summed E-state index contributed by atoms with van der Waals surface area (Å²) in [4.78, 5) is 22.6. The quantitative estimate of drug-likeness (QED) is 0.575. The van der Waals surface area contributed by atoms with Crippen LogP contribution in [-0.2, 0) is 15.8 Å². The topological polar surface area (TPSA) is 84.2 Å². The van der Waals surface area contributed by atoms with Crippen LogP contribution in [0.2, 0.25) is 0 Å². The fraction of sp³-hybridized carbons (Fsp3) is 0.182. The first-order valence-corrected chi connectivity index (χ1v) is 5.65. The van der Waals surface area contributed by atoms with Gasteiger partial charge in [-0.3, -0.25) is 9.59 Å². The number of amides is 2. The van der Waals surface area contributed by atoms with Gasteiger partial charge in [-0.05, 0) is 24.3 Å². The molecule has 0 aliphatic heterocycles. The molecule has 0 aromatic heterocycles. The van der Waals surface area contributed by atoms with E-state index in [1.54, 1.807) is 0 Å². The average Bonchev–Trinajstić information content (AvgIpc) is 2.35. The molecule has 0 bridgehead atoms. The molecule has 0 heterocycles. The third-order valence-electron chi connectivity index (χ3n) is 2.10. The van der Waals surface area contributed by atoms with E-state index in [1.165, 1.54) is 0 Å². The van der Waals surface area contributed by atoms with Crippen molar-refractivity contribution in [1.29, 1.82) is 0 Å². The number of rotatable bonds is 3. The van der Waals surface area contributed by atoms with Gasteiger partial charge in [0.15, 0.2) is 0 Å². The zero-order valence-electron chi connectivity index (χ0n) is 9.95. The Kier molecular flexibility index (Phi) is 5.03. The summed E-state index contributed by atoms with van der Waals surface area (Å²) in [5.74, 6) is -2.02. The Morgan fingerprint density at radius 2 is 1.70 bits per heavy atom. The summed E-state index contributed by atoms with van der Waals surface area (Å²) < 4.78 is 36.9. The Balaban J connectivity index is 2.62. The van der Waals surface area contributed by atoms with Crippen LogP contribution in [-0.4, -0.2) is 23.3 Å². The zero-order valence-corrected chi connectivity index (χ0v) is 10.8. The normalized spacial score (nSPS) is 10.8. The van der Waals surface area contributed by atoms with Gasteiger partial charge in [0, 0.05) is 5.69 Å². The van der Waals surface area contributed by atoms with Crippen LogP contribution in [0.1, 0.15) is 5.56 Å². The molecule has 0 atom stereocenters. The molecule has 0 aliphatic rings. The summed E-state index contributed by atoms with van der Waals surface area (Å²) in [6, 6.07) is 3.67. The van der Waals surface area contributed by atoms with Gasteiger partial charge < -0.3 is 16.4 Å². The zero-order chi connectivity index (χ0) is 15.3. The van der Waals surface area contributed by atoms with Crippen LogP contribution in [0.25, 0.3) is 0 Å². The summed E-state index contributed by atoms with van der Waals surface area (Å²) in [6.45, 7) is -0.144. The molecular weight excluding hydrogens is 295 g/mol. The number of hydrogen-bond donors (Lipinski definition) is 3. The van der Waals surface area contributed by atoms with Crippen molar-refractivity contribution in [3.63, 3.8) is 0 Å². The van der Waals surface area contributed by atoms with Crippen LogP contribution < -0.4 is 16.4 Å². The predicted octanol–water partition coefficient (Wildman–Crippen LogP) is 1.05. The number of thiocarbonyl (C=S) groups is 1. The maximum absolute atomic E-state index is 12.3. The SMILES string of the molecule is NC(=S)CNC(=O)C(=O)Nc1ccc(C(F)(F)F)cc1. The number of carbonyl (C=O) groups excluding carboxylic acids is 2. The maximum atomic E-state index is 12.3. The van der Waals surface area contributed by atoms with Crippen molar-refractivity contribution in [3.05, 3.63) is 29.8 Å². The molecule has 4 N–H and O–H groups in total. The van der Waals surface area contributed by atoms with Gasteiger partial charge in [-0.25, -0.2) is 0 Å². The number of nitrogens with two attached hydrogens (primary N) is 1. The van der Waals surface area contributed by atoms with Crippen LogP contribution in [0.15, 0.2) is 24.3 Å². The lowest BCUT2D eigenvalue weighted by atomic mass is 10.2. The largest absolute Gasteiger partial charge is 0.416 e. The van der Waals surface area contributed by atoms with E-state index in [0.29, 0.717) is 0 Å². The first-order valence-electron chi connectivity index (χ1n) is 5.25. The van der Waals surface area contributed by atoms with Crippen molar-refractivity contribution in [2.75, 3.05) is 11.9 Å². The van der Waals surface area contributed by atoms with Gasteiger partial charge in [0.25, 0.3) is 0 Å². The van der Waals surface area contributed by atoms with E-state index in [1.807, 2.05) is 0 Å². The van der Waals surface area contributed by atoms with Gasteiger partial charge in [0.2, 0.25) is 0 Å². The molecule has 108 valence electrons. The maximum Gasteiger partial charge on any atom is 0.416 e. The molecule has 0 spiro atoms. The number of hydrogen-bond acceptors (Lipinski definition) is 3. The van der Waals surface area contributed by atoms with E-state index >= 15 is 0 Å². The minimum absolute atomic E-state index is 0.000630. The lowest BCUT2D eigenvalue weighted by Gasteiger charge is -2.08. The summed E-state index contributed by atoms with van der Waals surface area (Å²) in [7, 11) is 0. The van der Waals surface area contributed by atoms with Crippen LogP contribution in [0, 0.1) is 0 Å². The van der Waals surface area contributed by atoms with E-state index in [9.17, 15) is 22.8 Å². The number of nitrogens with one attached hydrogen (secondary N) is 2. The van der Waals surface area contributed by atoms with Gasteiger partial charge in [-0.2, -0.15) is 13.2 Å². The van der Waals surface area contributed by atoms with Crippen LogP contribution in [0.4, 0.5) is 18.9 Å². The Hall–Kier alpha value is -2.16. The fourth-order valence-corrected chi connectivity index (χ4v) is 1.25. The molecule has 0 radical (unpaired) electrons. The summed E-state index contributed by atoms with van der Waals surface area (Å²) >= 11 is 4.50. The lowest BCUT2D eigenvalue weighted by Crippen LogP contribution is -2.39. The Morgan fingerprint density at radius 1 is 1.15 bits per heavy atom. The third kappa shape index (κ3) is 4.84. The number of carbonyl (C=O) groups is 2. The van der Waals surface area contributed by atoms with E-state index < -0.39 is 23.6 Å². The first-order chi connectivity index (χ1) is 9.20. The molecule has 9 heteroatoms. The van der Waals surface area contributed by atoms with Crippen molar-refractivity contribution in [2.45, 2.75) is 6.18 Å². The second-order valence-corrected chi connectivity index (χ2v) is 4.20. The minimum atomic E-state index is -4.46.